The lowest BCUT2D eigenvalue weighted by molar-refractivity contribution is 0.0489. The zero-order valence-corrected chi connectivity index (χ0v) is 12.5. The van der Waals surface area contributed by atoms with Crippen LogP contribution in [0.15, 0.2) is 24.3 Å². The maximum atomic E-state index is 9.16. The Labute approximate surface area is 126 Å². The van der Waals surface area contributed by atoms with Crippen LogP contribution >= 0.6 is 0 Å². The molecule has 2 aliphatic rings. The van der Waals surface area contributed by atoms with Crippen LogP contribution < -0.4 is 0 Å². The lowest BCUT2D eigenvalue weighted by atomic mass is 10.1. The van der Waals surface area contributed by atoms with Crippen LogP contribution in [-0.4, -0.2) is 55.2 Å². The molecule has 4 heteroatoms. The van der Waals surface area contributed by atoms with E-state index in [1.54, 1.807) is 0 Å². The molecule has 2 aliphatic heterocycles. The van der Waals surface area contributed by atoms with Crippen molar-refractivity contribution in [1.82, 2.24) is 9.80 Å². The van der Waals surface area contributed by atoms with Crippen molar-refractivity contribution in [2.45, 2.75) is 25.5 Å². The Morgan fingerprint density at radius 3 is 2.62 bits per heavy atom. The van der Waals surface area contributed by atoms with Gasteiger partial charge in [0.1, 0.15) is 0 Å². The van der Waals surface area contributed by atoms with Crippen LogP contribution in [0.5, 0.6) is 0 Å². The van der Waals surface area contributed by atoms with Gasteiger partial charge in [0.2, 0.25) is 0 Å². The normalized spacial score (nSPS) is 24.0. The van der Waals surface area contributed by atoms with Gasteiger partial charge >= 0.3 is 0 Å². The minimum absolute atomic E-state index is 0.455. The first-order valence-electron chi connectivity index (χ1n) is 7.89. The van der Waals surface area contributed by atoms with E-state index in [4.69, 9.17) is 10.00 Å². The lowest BCUT2D eigenvalue weighted by Crippen LogP contribution is -2.48. The Morgan fingerprint density at radius 2 is 1.90 bits per heavy atom. The number of rotatable bonds is 4. The summed E-state index contributed by atoms with van der Waals surface area (Å²) in [5.41, 5.74) is 1.95. The van der Waals surface area contributed by atoms with Crippen LogP contribution in [-0.2, 0) is 11.3 Å². The molecule has 4 nitrogen and oxygen atoms in total. The van der Waals surface area contributed by atoms with E-state index in [-0.39, 0.29) is 0 Å². The third-order valence-electron chi connectivity index (χ3n) is 4.48. The van der Waals surface area contributed by atoms with Crippen LogP contribution in [0.1, 0.15) is 24.0 Å². The predicted molar refractivity (Wildman–Crippen MR) is 81.8 cm³/mol. The van der Waals surface area contributed by atoms with Crippen LogP contribution in [0, 0.1) is 11.3 Å². The number of nitriles is 1. The molecule has 0 radical (unpaired) electrons. The number of piperazine rings is 1. The molecule has 0 amide bonds. The van der Waals surface area contributed by atoms with Crippen molar-refractivity contribution >= 4 is 0 Å². The standard InChI is InChI=1S/C17H23N3O/c18-12-15-4-1-2-5-16(15)13-19-7-9-20(10-8-19)14-17-6-3-11-21-17/h1-2,4-5,17H,3,6-11,13-14H2. The molecule has 0 aromatic heterocycles. The van der Waals surface area contributed by atoms with E-state index >= 15 is 0 Å². The minimum Gasteiger partial charge on any atom is -0.377 e. The Morgan fingerprint density at radius 1 is 1.14 bits per heavy atom. The van der Waals surface area contributed by atoms with Crippen LogP contribution in [0.4, 0.5) is 0 Å². The molecule has 1 aromatic carbocycles. The fraction of sp³-hybridized carbons (Fsp3) is 0.588. The Bertz CT molecular complexity index is 497. The summed E-state index contributed by atoms with van der Waals surface area (Å²) < 4.78 is 5.72. The van der Waals surface area contributed by atoms with Gasteiger partial charge in [0.15, 0.2) is 0 Å². The van der Waals surface area contributed by atoms with Crippen LogP contribution in [0.2, 0.25) is 0 Å². The number of benzene rings is 1. The molecule has 0 saturated carbocycles. The van der Waals surface area contributed by atoms with E-state index in [0.717, 1.165) is 57.0 Å². The molecule has 0 bridgehead atoms. The topological polar surface area (TPSA) is 39.5 Å². The second kappa shape index (κ2) is 7.04. The zero-order valence-electron chi connectivity index (χ0n) is 12.5. The maximum Gasteiger partial charge on any atom is 0.0995 e. The second-order valence-corrected chi connectivity index (χ2v) is 5.98. The maximum absolute atomic E-state index is 9.16. The fourth-order valence-electron chi connectivity index (χ4n) is 3.21. The summed E-state index contributed by atoms with van der Waals surface area (Å²) >= 11 is 0. The van der Waals surface area contributed by atoms with E-state index < -0.39 is 0 Å². The van der Waals surface area contributed by atoms with Gasteiger partial charge in [-0.2, -0.15) is 5.26 Å². The van der Waals surface area contributed by atoms with E-state index in [2.05, 4.69) is 21.9 Å². The number of nitrogens with zero attached hydrogens (tertiary/aromatic N) is 3. The summed E-state index contributed by atoms with van der Waals surface area (Å²) in [5.74, 6) is 0. The molecule has 2 saturated heterocycles. The van der Waals surface area contributed by atoms with Crippen molar-refractivity contribution in [1.29, 1.82) is 5.26 Å². The van der Waals surface area contributed by atoms with Gasteiger partial charge in [-0.05, 0) is 24.5 Å². The fourth-order valence-corrected chi connectivity index (χ4v) is 3.21. The van der Waals surface area contributed by atoms with Crippen molar-refractivity contribution in [2.24, 2.45) is 0 Å². The first-order chi connectivity index (χ1) is 10.3. The van der Waals surface area contributed by atoms with Crippen LogP contribution in [0.25, 0.3) is 0 Å². The van der Waals surface area contributed by atoms with Crippen molar-refractivity contribution in [2.75, 3.05) is 39.3 Å². The van der Waals surface area contributed by atoms with Gasteiger partial charge in [0, 0.05) is 45.9 Å². The summed E-state index contributed by atoms with van der Waals surface area (Å²) in [6, 6.07) is 10.2. The highest BCUT2D eigenvalue weighted by Gasteiger charge is 2.23. The summed E-state index contributed by atoms with van der Waals surface area (Å²) in [7, 11) is 0. The summed E-state index contributed by atoms with van der Waals surface area (Å²) in [6.07, 6.45) is 2.89. The first-order valence-corrected chi connectivity index (χ1v) is 7.89. The lowest BCUT2D eigenvalue weighted by Gasteiger charge is -2.35. The van der Waals surface area contributed by atoms with Gasteiger partial charge in [-0.3, -0.25) is 9.80 Å². The first kappa shape index (κ1) is 14.5. The third-order valence-corrected chi connectivity index (χ3v) is 4.48. The third kappa shape index (κ3) is 3.82. The van der Waals surface area contributed by atoms with Gasteiger partial charge in [-0.25, -0.2) is 0 Å². The second-order valence-electron chi connectivity index (χ2n) is 5.98. The van der Waals surface area contributed by atoms with E-state index in [0.29, 0.717) is 6.10 Å². The highest BCUT2D eigenvalue weighted by atomic mass is 16.5. The van der Waals surface area contributed by atoms with Gasteiger partial charge in [0.25, 0.3) is 0 Å². The minimum atomic E-state index is 0.455. The molecule has 3 rings (SSSR count). The van der Waals surface area contributed by atoms with E-state index in [1.807, 2.05) is 18.2 Å². The Balaban J connectivity index is 1.48. The molecule has 2 fully saturated rings. The van der Waals surface area contributed by atoms with E-state index in [9.17, 15) is 0 Å². The van der Waals surface area contributed by atoms with E-state index in [1.165, 1.54) is 12.8 Å². The quantitative estimate of drug-likeness (QED) is 0.846. The molecule has 0 spiro atoms. The van der Waals surface area contributed by atoms with Gasteiger partial charge in [-0.15, -0.1) is 0 Å². The molecule has 112 valence electrons. The molecule has 1 unspecified atom stereocenters. The van der Waals surface area contributed by atoms with Crippen molar-refractivity contribution in [3.63, 3.8) is 0 Å². The Kier molecular flexibility index (Phi) is 4.87. The molecule has 21 heavy (non-hydrogen) atoms. The van der Waals surface area contributed by atoms with Crippen LogP contribution in [0.3, 0.4) is 0 Å². The summed E-state index contributed by atoms with van der Waals surface area (Å²) in [5, 5.41) is 9.16. The SMILES string of the molecule is N#Cc1ccccc1CN1CCN(CC2CCCO2)CC1. The van der Waals surface area contributed by atoms with Crippen molar-refractivity contribution in [3.8, 4) is 6.07 Å². The molecule has 0 aliphatic carbocycles. The molecule has 2 heterocycles. The largest absolute Gasteiger partial charge is 0.377 e. The number of ether oxygens (including phenoxy) is 1. The zero-order chi connectivity index (χ0) is 14.5. The molecule has 1 atom stereocenters. The monoisotopic (exact) mass is 285 g/mol. The summed E-state index contributed by atoms with van der Waals surface area (Å²) in [4.78, 5) is 4.96. The highest BCUT2D eigenvalue weighted by molar-refractivity contribution is 5.37. The van der Waals surface area contributed by atoms with Crippen molar-refractivity contribution < 1.29 is 4.74 Å². The number of hydrogen-bond acceptors (Lipinski definition) is 4. The van der Waals surface area contributed by atoms with Gasteiger partial charge < -0.3 is 4.74 Å². The molecular formula is C17H23N3O. The molecular weight excluding hydrogens is 262 g/mol. The van der Waals surface area contributed by atoms with Gasteiger partial charge in [0.05, 0.1) is 17.7 Å². The molecule has 1 aromatic rings. The number of hydrogen-bond donors (Lipinski definition) is 0. The smallest absolute Gasteiger partial charge is 0.0995 e. The summed E-state index contributed by atoms with van der Waals surface area (Å²) in [6.45, 7) is 7.28. The average molecular weight is 285 g/mol. The molecule has 0 N–H and O–H groups in total. The average Bonchev–Trinajstić information content (AvgIpc) is 3.03. The Hall–Kier alpha value is -1.41. The highest BCUT2D eigenvalue weighted by Crippen LogP contribution is 2.16. The van der Waals surface area contributed by atoms with Gasteiger partial charge in [-0.1, -0.05) is 18.2 Å². The van der Waals surface area contributed by atoms with Crippen molar-refractivity contribution in [3.05, 3.63) is 35.4 Å². The predicted octanol–water partition coefficient (Wildman–Crippen LogP) is 1.85.